The lowest BCUT2D eigenvalue weighted by molar-refractivity contribution is -0.141. The summed E-state index contributed by atoms with van der Waals surface area (Å²) < 4.78 is 19.0. The standard InChI is InChI=1S/C61H77N11O8S/c1-36(2)57(61(77)71-33-44(74)25-52(71)60(76)66-50(34-73)39-8-10-40(11-9-39)58-37(3)64-35-81-58)54-29-55(67-80-54)69-22-15-38(16-23-69)30-68-20-17-45(18-21-68)78-46-26-47(27-46)79-56-24-41(14-19-63-56)72-42-12-13-43(72)32-70(31-42)51-28-49(65-59(51)62)48-6-4-5-7-53(48)75/h4-11,14,19,24,28-29,35-36,38,42-47,50,52,57,65,73-75H,12-13,15-18,20-23,25-27,30-34,62H2,1-3H3,(H,66,76)/t42?,43?,44-,46?,47?,50+,52+,57-/m1/s1. The number of aliphatic hydroxyl groups is 2. The number of nitrogens with one attached hydrogen (secondary N) is 2. The van der Waals surface area contributed by atoms with Gasteiger partial charge in [-0.2, -0.15) is 0 Å². The van der Waals surface area contributed by atoms with Gasteiger partial charge < -0.3 is 69.9 Å². The van der Waals surface area contributed by atoms with Gasteiger partial charge in [-0.1, -0.05) is 55.4 Å². The summed E-state index contributed by atoms with van der Waals surface area (Å²) in [6.07, 6.45) is 9.75. The van der Waals surface area contributed by atoms with Crippen molar-refractivity contribution < 1.29 is 38.9 Å². The number of pyridine rings is 1. The second kappa shape index (κ2) is 23.6. The van der Waals surface area contributed by atoms with E-state index in [9.17, 15) is 24.9 Å². The number of benzene rings is 2. The molecule has 2 unspecified atom stereocenters. The number of hydrogen-bond acceptors (Lipinski definition) is 17. The van der Waals surface area contributed by atoms with E-state index < -0.39 is 30.0 Å². The van der Waals surface area contributed by atoms with Crippen LogP contribution in [0.3, 0.4) is 0 Å². The molecule has 0 spiro atoms. The number of carbonyl (C=O) groups excluding carboxylic acids is 2. The first-order chi connectivity index (χ1) is 39.3. The molecule has 12 rings (SSSR count). The topological polar surface area (TPSA) is 235 Å². The molecular formula is C61H77N11O8S. The van der Waals surface area contributed by atoms with E-state index in [4.69, 9.17) is 19.7 Å². The summed E-state index contributed by atoms with van der Waals surface area (Å²) in [5.74, 6) is 1.67. The molecule has 5 aliphatic heterocycles. The summed E-state index contributed by atoms with van der Waals surface area (Å²) in [4.78, 5) is 52.9. The Morgan fingerprint density at radius 1 is 0.877 bits per heavy atom. The van der Waals surface area contributed by atoms with Crippen molar-refractivity contribution in [1.82, 2.24) is 35.2 Å². The minimum absolute atomic E-state index is 0.0263. The fourth-order valence-corrected chi connectivity index (χ4v) is 14.4. The van der Waals surface area contributed by atoms with Gasteiger partial charge in [0, 0.05) is 113 Å². The minimum atomic E-state index is -0.908. The number of hydrogen-bond donors (Lipinski definition) is 6. The van der Waals surface area contributed by atoms with Gasteiger partial charge in [0.2, 0.25) is 17.7 Å². The molecule has 6 fully saturated rings. The molecule has 1 aliphatic carbocycles. The smallest absolute Gasteiger partial charge is 0.243 e. The van der Waals surface area contributed by atoms with Crippen LogP contribution in [0.2, 0.25) is 0 Å². The number of likely N-dealkylation sites (tertiary alicyclic amines) is 2. The highest BCUT2D eigenvalue weighted by molar-refractivity contribution is 7.13. The number of thiazole rings is 1. The van der Waals surface area contributed by atoms with Crippen molar-refractivity contribution in [3.05, 3.63) is 102 Å². The van der Waals surface area contributed by atoms with E-state index >= 15 is 0 Å². The molecule has 81 heavy (non-hydrogen) atoms. The van der Waals surface area contributed by atoms with Crippen LogP contribution in [-0.2, 0) is 14.3 Å². The van der Waals surface area contributed by atoms with Gasteiger partial charge in [0.25, 0.3) is 0 Å². The van der Waals surface area contributed by atoms with Crippen LogP contribution in [0.25, 0.3) is 21.7 Å². The first kappa shape index (κ1) is 54.9. The molecule has 6 atom stereocenters. The van der Waals surface area contributed by atoms with Crippen molar-refractivity contribution in [1.29, 1.82) is 0 Å². The van der Waals surface area contributed by atoms with E-state index in [0.717, 1.165) is 142 Å². The Kier molecular flexibility index (Phi) is 16.0. The van der Waals surface area contributed by atoms with Crippen molar-refractivity contribution >= 4 is 46.2 Å². The number of aromatic nitrogens is 4. The zero-order valence-corrected chi connectivity index (χ0v) is 47.4. The van der Waals surface area contributed by atoms with Gasteiger partial charge >= 0.3 is 0 Å². The molecular weight excluding hydrogens is 1050 g/mol. The molecule has 2 amide bonds. The van der Waals surface area contributed by atoms with E-state index in [-0.39, 0.29) is 55.5 Å². The quantitative estimate of drug-likeness (QED) is 0.0489. The van der Waals surface area contributed by atoms with Crippen molar-refractivity contribution in [2.45, 2.75) is 133 Å². The molecule has 430 valence electrons. The molecule has 1 saturated carbocycles. The van der Waals surface area contributed by atoms with Crippen LogP contribution in [0.5, 0.6) is 11.6 Å². The number of fused-ring (bicyclic) bond motifs is 2. The average molecular weight is 1120 g/mol. The molecule has 2 aromatic carbocycles. The minimum Gasteiger partial charge on any atom is -0.507 e. The summed E-state index contributed by atoms with van der Waals surface area (Å²) in [5.41, 5.74) is 14.7. The van der Waals surface area contributed by atoms with Gasteiger partial charge in [0.1, 0.15) is 29.6 Å². The number of carbonyl (C=O) groups is 2. The van der Waals surface area contributed by atoms with Crippen molar-refractivity contribution in [3.8, 4) is 33.3 Å². The van der Waals surface area contributed by atoms with E-state index in [1.807, 2.05) is 81.0 Å². The first-order valence-corrected chi connectivity index (χ1v) is 30.1. The predicted molar refractivity (Wildman–Crippen MR) is 311 cm³/mol. The Labute approximate surface area is 477 Å². The third-order valence-corrected chi connectivity index (χ3v) is 19.0. The van der Waals surface area contributed by atoms with Crippen LogP contribution in [0, 0.1) is 18.8 Å². The first-order valence-electron chi connectivity index (χ1n) is 29.2. The SMILES string of the molecule is Cc1ncsc1-c1ccc([C@H](CO)NC(=O)[C@@H]2C[C@@H](O)CN2C(=O)[C@@H](c2cc(N3CCC(CN4CCC(OC5CC(Oc6cc(N7C8CCC7CN(c7cc(-c9ccccc9O)[nH]c7N)C8)ccn6)C5)CC4)CC3)no2)C(C)C)cc1. The third-order valence-electron chi connectivity index (χ3n) is 18.0. The van der Waals surface area contributed by atoms with Crippen LogP contribution >= 0.6 is 11.3 Å². The second-order valence-corrected chi connectivity index (χ2v) is 24.6. The summed E-state index contributed by atoms with van der Waals surface area (Å²) in [7, 11) is 0. The lowest BCUT2D eigenvalue weighted by Gasteiger charge is -2.43. The fourth-order valence-electron chi connectivity index (χ4n) is 13.6. The monoisotopic (exact) mass is 1120 g/mol. The molecule has 20 heteroatoms. The highest BCUT2D eigenvalue weighted by Crippen LogP contribution is 2.42. The molecule has 0 radical (unpaired) electrons. The number of aromatic hydroxyl groups is 1. The zero-order valence-electron chi connectivity index (χ0n) is 46.6. The Morgan fingerprint density at radius 2 is 1.63 bits per heavy atom. The van der Waals surface area contributed by atoms with Gasteiger partial charge in [-0.25, -0.2) is 9.97 Å². The fraction of sp³-hybridized carbons (Fsp3) is 0.525. The van der Waals surface area contributed by atoms with E-state index in [1.54, 1.807) is 17.4 Å². The molecule has 7 N–H and O–H groups in total. The number of anilines is 4. The molecule has 4 aromatic heterocycles. The number of para-hydroxylation sites is 1. The number of H-pyrrole nitrogens is 1. The Bertz CT molecular complexity index is 3110. The number of piperidine rings is 2. The number of aliphatic hydroxyl groups excluding tert-OH is 2. The number of nitrogen functional groups attached to an aromatic ring is 1. The van der Waals surface area contributed by atoms with Crippen LogP contribution in [0.15, 0.2) is 89.0 Å². The average Bonchev–Trinajstić information content (AvgIpc) is 4.46. The normalized spacial score (nSPS) is 24.4. The maximum atomic E-state index is 14.4. The van der Waals surface area contributed by atoms with Crippen molar-refractivity contribution in [3.63, 3.8) is 0 Å². The van der Waals surface area contributed by atoms with E-state index in [1.165, 1.54) is 4.90 Å². The number of amides is 2. The Morgan fingerprint density at radius 3 is 2.33 bits per heavy atom. The van der Waals surface area contributed by atoms with Gasteiger partial charge in [-0.3, -0.25) is 9.59 Å². The van der Waals surface area contributed by atoms with Gasteiger partial charge in [-0.15, -0.1) is 11.3 Å². The number of phenolic OH excluding ortho intramolecular Hbond substituents is 1. The highest BCUT2D eigenvalue weighted by Gasteiger charge is 2.45. The number of nitrogens with zero attached hydrogens (tertiary/aromatic N) is 8. The van der Waals surface area contributed by atoms with Crippen LogP contribution < -0.4 is 30.5 Å². The van der Waals surface area contributed by atoms with E-state index in [2.05, 4.69) is 63.2 Å². The maximum absolute atomic E-state index is 14.4. The second-order valence-electron chi connectivity index (χ2n) is 23.8. The predicted octanol–water partition coefficient (Wildman–Crippen LogP) is 7.50. The molecule has 6 aliphatic rings. The third kappa shape index (κ3) is 11.7. The number of piperazine rings is 1. The van der Waals surface area contributed by atoms with Gasteiger partial charge in [0.15, 0.2) is 11.6 Å². The molecule has 6 aromatic rings. The number of ether oxygens (including phenoxy) is 2. The summed E-state index contributed by atoms with van der Waals surface area (Å²) in [6, 6.07) is 22.2. The lowest BCUT2D eigenvalue weighted by atomic mass is 9.91. The summed E-state index contributed by atoms with van der Waals surface area (Å²) in [6.45, 7) is 12.1. The number of rotatable bonds is 18. The van der Waals surface area contributed by atoms with Crippen molar-refractivity contribution in [2.75, 3.05) is 79.4 Å². The molecule has 5 saturated heterocycles. The van der Waals surface area contributed by atoms with E-state index in [0.29, 0.717) is 41.3 Å². The van der Waals surface area contributed by atoms with Gasteiger partial charge in [-0.05, 0) is 92.7 Å². The number of phenols is 1. The number of nitrogens with two attached hydrogens (primary N) is 1. The van der Waals surface area contributed by atoms with Crippen LogP contribution in [0.1, 0.15) is 101 Å². The largest absolute Gasteiger partial charge is 0.507 e. The number of aromatic amines is 1. The Hall–Kier alpha value is -6.71. The summed E-state index contributed by atoms with van der Waals surface area (Å²) in [5, 5.41) is 39.0. The maximum Gasteiger partial charge on any atom is 0.243 e. The van der Waals surface area contributed by atoms with Crippen LogP contribution in [0.4, 0.5) is 23.0 Å². The molecule has 2 bridgehead atoms. The number of β-amino-alcohol motifs (C(OH)–C–C–N with tert-alkyl or cyclic N) is 1. The van der Waals surface area contributed by atoms with Crippen molar-refractivity contribution in [2.24, 2.45) is 11.8 Å². The molecule has 9 heterocycles. The molecule has 19 nitrogen and oxygen atoms in total. The highest BCUT2D eigenvalue weighted by atomic mass is 32.1. The lowest BCUT2D eigenvalue weighted by Crippen LogP contribution is -2.54. The van der Waals surface area contributed by atoms with Crippen LogP contribution in [-0.4, -0.2) is 159 Å². The summed E-state index contributed by atoms with van der Waals surface area (Å²) >= 11 is 1.56. The number of aryl methyl sites for hydroxylation is 1. The Balaban J connectivity index is 0.565. The van der Waals surface area contributed by atoms with Gasteiger partial charge in [0.05, 0.1) is 58.4 Å². The zero-order chi connectivity index (χ0) is 55.9.